The minimum Gasteiger partial charge on any atom is -0.493 e. The molecule has 1 aliphatic heterocycles. The number of ether oxygens (including phenoxy) is 2. The van der Waals surface area contributed by atoms with Crippen LogP contribution in [0, 0.1) is 5.92 Å². The summed E-state index contributed by atoms with van der Waals surface area (Å²) < 4.78 is 36.6. The highest BCUT2D eigenvalue weighted by molar-refractivity contribution is 5.88. The van der Waals surface area contributed by atoms with Gasteiger partial charge in [-0.2, -0.15) is 8.78 Å². The van der Waals surface area contributed by atoms with E-state index in [0.29, 0.717) is 11.3 Å². The third-order valence-electron chi connectivity index (χ3n) is 5.51. The number of carbonyl (C=O) groups excluding carboxylic acids is 1. The lowest BCUT2D eigenvalue weighted by Gasteiger charge is -2.19. The third-order valence-corrected chi connectivity index (χ3v) is 5.51. The van der Waals surface area contributed by atoms with Crippen LogP contribution in [0.4, 0.5) is 14.5 Å². The molecule has 2 aliphatic rings. The van der Waals surface area contributed by atoms with Gasteiger partial charge in [0, 0.05) is 24.4 Å². The maximum Gasteiger partial charge on any atom is 0.315 e. The van der Waals surface area contributed by atoms with Gasteiger partial charge >= 0.3 is 6.43 Å². The Kier molecular flexibility index (Phi) is 6.39. The van der Waals surface area contributed by atoms with Gasteiger partial charge in [0.05, 0.1) is 13.2 Å². The van der Waals surface area contributed by atoms with Crippen molar-refractivity contribution in [2.45, 2.75) is 31.8 Å². The first-order valence-electron chi connectivity index (χ1n) is 10.5. The molecule has 1 saturated heterocycles. The first-order valence-corrected chi connectivity index (χ1v) is 10.5. The Morgan fingerprint density at radius 1 is 1.06 bits per heavy atom. The monoisotopic (exact) mass is 428 g/mol. The highest BCUT2D eigenvalue weighted by atomic mass is 19.3. The lowest BCUT2D eigenvalue weighted by molar-refractivity contribution is -0.130. The summed E-state index contributed by atoms with van der Waals surface area (Å²) in [5.41, 5.74) is 1.83. The quantitative estimate of drug-likeness (QED) is 0.640. The van der Waals surface area contributed by atoms with Gasteiger partial charge < -0.3 is 19.7 Å². The average molecular weight is 428 g/mol. The second-order valence-electron chi connectivity index (χ2n) is 8.02. The molecule has 2 aromatic rings. The SMILES string of the molecule is C=C(NC(=O)C(F)F)c1ccc(O[C@@H]2CCN(c3ccc(OCC4CC4)cc3)C2)cc1. The fraction of sp³-hybridized carbons (Fsp3) is 0.375. The molecule has 1 N–H and O–H groups in total. The van der Waals surface area contributed by atoms with Gasteiger partial charge in [0.2, 0.25) is 0 Å². The summed E-state index contributed by atoms with van der Waals surface area (Å²) in [5.74, 6) is 0.972. The van der Waals surface area contributed by atoms with Gasteiger partial charge in [-0.05, 0) is 72.9 Å². The molecule has 1 heterocycles. The van der Waals surface area contributed by atoms with Crippen LogP contribution >= 0.6 is 0 Å². The predicted octanol–water partition coefficient (Wildman–Crippen LogP) is 4.49. The number of benzene rings is 2. The molecule has 0 aromatic heterocycles. The first-order chi connectivity index (χ1) is 15.0. The number of nitrogens with one attached hydrogen (secondary N) is 1. The number of amides is 1. The van der Waals surface area contributed by atoms with Crippen LogP contribution in [0.2, 0.25) is 0 Å². The lowest BCUT2D eigenvalue weighted by atomic mass is 10.1. The molecule has 31 heavy (non-hydrogen) atoms. The summed E-state index contributed by atoms with van der Waals surface area (Å²) in [6.07, 6.45) is 0.438. The van der Waals surface area contributed by atoms with E-state index in [4.69, 9.17) is 9.47 Å². The van der Waals surface area contributed by atoms with E-state index in [9.17, 15) is 13.6 Å². The van der Waals surface area contributed by atoms with E-state index in [1.807, 2.05) is 12.1 Å². The van der Waals surface area contributed by atoms with E-state index in [-0.39, 0.29) is 11.8 Å². The first kappa shape index (κ1) is 21.2. The summed E-state index contributed by atoms with van der Waals surface area (Å²) in [6.45, 7) is 6.12. The van der Waals surface area contributed by atoms with Crippen molar-refractivity contribution in [3.8, 4) is 11.5 Å². The molecule has 5 nitrogen and oxygen atoms in total. The zero-order valence-corrected chi connectivity index (χ0v) is 17.2. The summed E-state index contributed by atoms with van der Waals surface area (Å²) in [7, 11) is 0. The maximum atomic E-state index is 12.4. The molecule has 4 rings (SSSR count). The van der Waals surface area contributed by atoms with Crippen LogP contribution in [0.3, 0.4) is 0 Å². The number of nitrogens with zero attached hydrogens (tertiary/aromatic N) is 1. The molecule has 7 heteroatoms. The third kappa shape index (κ3) is 5.75. The number of carbonyl (C=O) groups is 1. The van der Waals surface area contributed by atoms with E-state index in [1.165, 1.54) is 12.8 Å². The van der Waals surface area contributed by atoms with E-state index >= 15 is 0 Å². The van der Waals surface area contributed by atoms with Gasteiger partial charge in [-0.15, -0.1) is 0 Å². The zero-order chi connectivity index (χ0) is 21.8. The summed E-state index contributed by atoms with van der Waals surface area (Å²) in [4.78, 5) is 13.4. The molecule has 0 radical (unpaired) electrons. The van der Waals surface area contributed by atoms with Crippen LogP contribution in [0.15, 0.2) is 55.1 Å². The molecule has 1 saturated carbocycles. The molecular weight excluding hydrogens is 402 g/mol. The molecule has 2 aromatic carbocycles. The summed E-state index contributed by atoms with van der Waals surface area (Å²) >= 11 is 0. The summed E-state index contributed by atoms with van der Waals surface area (Å²) in [6, 6.07) is 15.1. The van der Waals surface area contributed by atoms with Crippen molar-refractivity contribution in [1.29, 1.82) is 0 Å². The van der Waals surface area contributed by atoms with E-state index in [2.05, 4.69) is 28.9 Å². The van der Waals surface area contributed by atoms with Crippen LogP contribution < -0.4 is 19.7 Å². The topological polar surface area (TPSA) is 50.8 Å². The Hall–Kier alpha value is -3.09. The normalized spacial score (nSPS) is 18.2. The molecule has 0 bridgehead atoms. The highest BCUT2D eigenvalue weighted by Gasteiger charge is 2.25. The average Bonchev–Trinajstić information content (AvgIpc) is 3.49. The Bertz CT molecular complexity index is 911. The van der Waals surface area contributed by atoms with Gasteiger partial charge in [0.1, 0.15) is 17.6 Å². The Morgan fingerprint density at radius 2 is 1.74 bits per heavy atom. The van der Waals surface area contributed by atoms with Crippen LogP contribution in [0.5, 0.6) is 11.5 Å². The van der Waals surface area contributed by atoms with Crippen LogP contribution in [0.1, 0.15) is 24.8 Å². The fourth-order valence-electron chi connectivity index (χ4n) is 3.51. The minimum atomic E-state index is -3.07. The standard InChI is InChI=1S/C24H26F2N2O3/c1-16(27-24(29)23(25)26)18-4-8-21(9-5-18)31-22-12-13-28(14-22)19-6-10-20(11-7-19)30-15-17-2-3-17/h4-11,17,22-23H,1-3,12-15H2,(H,27,29)/t22-/m1/s1. The van der Waals surface area contributed by atoms with Crippen LogP contribution in [0.25, 0.3) is 5.70 Å². The molecule has 164 valence electrons. The van der Waals surface area contributed by atoms with Crippen LogP contribution in [-0.4, -0.2) is 38.1 Å². The fourth-order valence-corrected chi connectivity index (χ4v) is 3.51. The van der Waals surface area contributed by atoms with Crippen molar-refractivity contribution in [3.63, 3.8) is 0 Å². The van der Waals surface area contributed by atoms with Crippen molar-refractivity contribution < 1.29 is 23.0 Å². The zero-order valence-electron chi connectivity index (χ0n) is 17.2. The molecule has 2 fully saturated rings. The Balaban J connectivity index is 1.26. The predicted molar refractivity (Wildman–Crippen MR) is 116 cm³/mol. The number of alkyl halides is 2. The van der Waals surface area contributed by atoms with Gasteiger partial charge in [-0.3, -0.25) is 4.79 Å². The van der Waals surface area contributed by atoms with Crippen molar-refractivity contribution >= 4 is 17.3 Å². The minimum absolute atomic E-state index is 0.0541. The van der Waals surface area contributed by atoms with Crippen molar-refractivity contribution in [1.82, 2.24) is 5.32 Å². The molecule has 0 unspecified atom stereocenters. The number of hydrogen-bond donors (Lipinski definition) is 1. The molecule has 0 spiro atoms. The second kappa shape index (κ2) is 9.37. The van der Waals surface area contributed by atoms with Crippen molar-refractivity contribution in [3.05, 3.63) is 60.7 Å². The lowest BCUT2D eigenvalue weighted by Crippen LogP contribution is -2.27. The summed E-state index contributed by atoms with van der Waals surface area (Å²) in [5, 5.41) is 2.09. The van der Waals surface area contributed by atoms with Gasteiger partial charge in [0.25, 0.3) is 5.91 Å². The Labute approximate surface area is 180 Å². The van der Waals surface area contributed by atoms with Gasteiger partial charge in [0.15, 0.2) is 0 Å². The number of hydrogen-bond acceptors (Lipinski definition) is 4. The van der Waals surface area contributed by atoms with Gasteiger partial charge in [-0.25, -0.2) is 0 Å². The highest BCUT2D eigenvalue weighted by Crippen LogP contribution is 2.30. The molecule has 1 aliphatic carbocycles. The molecule has 1 atom stereocenters. The smallest absolute Gasteiger partial charge is 0.315 e. The number of rotatable bonds is 9. The van der Waals surface area contributed by atoms with Gasteiger partial charge in [-0.1, -0.05) is 6.58 Å². The molecular formula is C24H26F2N2O3. The number of anilines is 1. The van der Waals surface area contributed by atoms with Crippen molar-refractivity contribution in [2.24, 2.45) is 5.92 Å². The van der Waals surface area contributed by atoms with Crippen molar-refractivity contribution in [2.75, 3.05) is 24.6 Å². The van der Waals surface area contributed by atoms with E-state index < -0.39 is 12.3 Å². The maximum absolute atomic E-state index is 12.4. The number of halogens is 2. The van der Waals surface area contributed by atoms with E-state index in [0.717, 1.165) is 43.5 Å². The van der Waals surface area contributed by atoms with E-state index in [1.54, 1.807) is 24.3 Å². The Morgan fingerprint density at radius 3 is 2.39 bits per heavy atom. The largest absolute Gasteiger partial charge is 0.493 e. The molecule has 1 amide bonds. The second-order valence-corrected chi connectivity index (χ2v) is 8.02. The van der Waals surface area contributed by atoms with Crippen LogP contribution in [-0.2, 0) is 4.79 Å².